The molecule has 1 fully saturated rings. The number of anilines is 4. The number of aryl methyl sites for hydroxylation is 1. The molecule has 1 aliphatic rings. The van der Waals surface area contributed by atoms with Crippen LogP contribution in [-0.2, 0) is 0 Å². The first-order valence-corrected chi connectivity index (χ1v) is 10.6. The van der Waals surface area contributed by atoms with Crippen LogP contribution in [0.25, 0.3) is 0 Å². The number of nitrogens with zero attached hydrogens (tertiary/aromatic N) is 5. The fourth-order valence-electron chi connectivity index (χ4n) is 3.34. The Kier molecular flexibility index (Phi) is 6.55. The standard InChI is InChI=1S/C22H24ClN7O2/c1-15-3-6-19(24-14-15)26-20-7-8-21(28-27-20)29-9-11-30(12-10-29)22(31)25-17-13-16(23)4-5-18(17)32-2/h3-8,13-14H,9-12H2,1-2H3,(H,25,31)(H,24,26,27). The molecule has 2 N–H and O–H groups in total. The number of piperazine rings is 1. The molecule has 0 aliphatic carbocycles. The molecular formula is C22H24ClN7O2. The summed E-state index contributed by atoms with van der Waals surface area (Å²) >= 11 is 6.04. The lowest BCUT2D eigenvalue weighted by atomic mass is 10.3. The van der Waals surface area contributed by atoms with E-state index >= 15 is 0 Å². The van der Waals surface area contributed by atoms with Crippen LogP contribution < -0.4 is 20.3 Å². The van der Waals surface area contributed by atoms with Crippen molar-refractivity contribution in [3.63, 3.8) is 0 Å². The highest BCUT2D eigenvalue weighted by molar-refractivity contribution is 6.31. The first-order chi connectivity index (χ1) is 15.5. The van der Waals surface area contributed by atoms with E-state index in [2.05, 4.69) is 30.7 Å². The topological polar surface area (TPSA) is 95.5 Å². The summed E-state index contributed by atoms with van der Waals surface area (Å²) in [5, 5.41) is 15.1. The van der Waals surface area contributed by atoms with Crippen LogP contribution in [0.3, 0.4) is 0 Å². The third kappa shape index (κ3) is 5.17. The molecule has 0 saturated carbocycles. The third-order valence-electron chi connectivity index (χ3n) is 5.11. The number of carbonyl (C=O) groups excluding carboxylic acids is 1. The molecular weight excluding hydrogens is 430 g/mol. The van der Waals surface area contributed by atoms with Crippen molar-refractivity contribution in [2.75, 3.05) is 48.8 Å². The number of benzene rings is 1. The van der Waals surface area contributed by atoms with E-state index in [0.717, 1.165) is 11.4 Å². The molecule has 0 radical (unpaired) electrons. The van der Waals surface area contributed by atoms with E-state index < -0.39 is 0 Å². The number of hydrogen-bond donors (Lipinski definition) is 2. The minimum Gasteiger partial charge on any atom is -0.495 e. The van der Waals surface area contributed by atoms with Crippen molar-refractivity contribution in [2.24, 2.45) is 0 Å². The van der Waals surface area contributed by atoms with Gasteiger partial charge in [-0.15, -0.1) is 10.2 Å². The second kappa shape index (κ2) is 9.69. The van der Waals surface area contributed by atoms with Crippen LogP contribution in [0.15, 0.2) is 48.7 Å². The molecule has 3 aromatic rings. The summed E-state index contributed by atoms with van der Waals surface area (Å²) in [6, 6.07) is 12.6. The van der Waals surface area contributed by atoms with Gasteiger partial charge in [-0.3, -0.25) is 0 Å². The molecule has 9 nitrogen and oxygen atoms in total. The molecule has 1 aliphatic heterocycles. The van der Waals surface area contributed by atoms with Crippen LogP contribution in [0.1, 0.15) is 5.56 Å². The minimum absolute atomic E-state index is 0.193. The van der Waals surface area contributed by atoms with Crippen molar-refractivity contribution in [2.45, 2.75) is 6.92 Å². The first-order valence-electron chi connectivity index (χ1n) is 10.2. The van der Waals surface area contributed by atoms with Crippen LogP contribution in [0, 0.1) is 6.92 Å². The number of nitrogens with one attached hydrogen (secondary N) is 2. The Labute approximate surface area is 191 Å². The average molecular weight is 454 g/mol. The summed E-state index contributed by atoms with van der Waals surface area (Å²) in [5.74, 6) is 2.67. The predicted octanol–water partition coefficient (Wildman–Crippen LogP) is 3.94. The Bertz CT molecular complexity index is 1070. The van der Waals surface area contributed by atoms with Crippen molar-refractivity contribution in [1.29, 1.82) is 0 Å². The lowest BCUT2D eigenvalue weighted by molar-refractivity contribution is 0.208. The van der Waals surface area contributed by atoms with E-state index in [9.17, 15) is 4.79 Å². The number of ether oxygens (including phenoxy) is 1. The Morgan fingerprint density at radius 1 is 1.03 bits per heavy atom. The minimum atomic E-state index is -0.193. The van der Waals surface area contributed by atoms with Gasteiger partial charge in [0.2, 0.25) is 0 Å². The van der Waals surface area contributed by atoms with Gasteiger partial charge in [-0.1, -0.05) is 17.7 Å². The summed E-state index contributed by atoms with van der Waals surface area (Å²) in [6.45, 7) is 4.42. The van der Waals surface area contributed by atoms with Gasteiger partial charge in [-0.2, -0.15) is 0 Å². The fourth-order valence-corrected chi connectivity index (χ4v) is 3.52. The Morgan fingerprint density at radius 2 is 1.81 bits per heavy atom. The Balaban J connectivity index is 1.32. The second-order valence-electron chi connectivity index (χ2n) is 7.37. The SMILES string of the molecule is COc1ccc(Cl)cc1NC(=O)N1CCN(c2ccc(Nc3ccc(C)cn3)nn2)CC1. The van der Waals surface area contributed by atoms with E-state index in [0.29, 0.717) is 54.3 Å². The normalized spacial score (nSPS) is 13.6. The highest BCUT2D eigenvalue weighted by Crippen LogP contribution is 2.28. The van der Waals surface area contributed by atoms with Gasteiger partial charge in [0.05, 0.1) is 12.8 Å². The molecule has 4 rings (SSSR count). The zero-order valence-corrected chi connectivity index (χ0v) is 18.6. The molecule has 10 heteroatoms. The molecule has 2 amide bonds. The van der Waals surface area contributed by atoms with Crippen molar-refractivity contribution in [1.82, 2.24) is 20.1 Å². The lowest BCUT2D eigenvalue weighted by Crippen LogP contribution is -2.50. The molecule has 32 heavy (non-hydrogen) atoms. The highest BCUT2D eigenvalue weighted by atomic mass is 35.5. The van der Waals surface area contributed by atoms with Crippen molar-refractivity contribution >= 4 is 40.8 Å². The van der Waals surface area contributed by atoms with Crippen LogP contribution in [0.4, 0.5) is 27.9 Å². The number of halogens is 1. The van der Waals surface area contributed by atoms with Gasteiger partial charge in [0.1, 0.15) is 11.6 Å². The molecule has 0 bridgehead atoms. The van der Waals surface area contributed by atoms with Crippen molar-refractivity contribution in [3.8, 4) is 5.75 Å². The van der Waals surface area contributed by atoms with Gasteiger partial charge in [0.25, 0.3) is 0 Å². The van der Waals surface area contributed by atoms with E-state index in [1.54, 1.807) is 36.4 Å². The number of hydrogen-bond acceptors (Lipinski definition) is 7. The third-order valence-corrected chi connectivity index (χ3v) is 5.35. The summed E-state index contributed by atoms with van der Waals surface area (Å²) < 4.78 is 5.29. The number of carbonyl (C=O) groups is 1. The molecule has 3 heterocycles. The summed E-state index contributed by atoms with van der Waals surface area (Å²) in [4.78, 5) is 20.8. The lowest BCUT2D eigenvalue weighted by Gasteiger charge is -2.35. The monoisotopic (exact) mass is 453 g/mol. The molecule has 0 unspecified atom stereocenters. The average Bonchev–Trinajstić information content (AvgIpc) is 2.81. The highest BCUT2D eigenvalue weighted by Gasteiger charge is 2.23. The fraction of sp³-hybridized carbons (Fsp3) is 0.273. The number of methoxy groups -OCH3 is 1. The van der Waals surface area contributed by atoms with Crippen molar-refractivity contribution in [3.05, 3.63) is 59.2 Å². The van der Waals surface area contributed by atoms with Gasteiger partial charge in [-0.05, 0) is 48.9 Å². The van der Waals surface area contributed by atoms with Gasteiger partial charge < -0.3 is 25.2 Å². The second-order valence-corrected chi connectivity index (χ2v) is 7.81. The molecule has 1 saturated heterocycles. The smallest absolute Gasteiger partial charge is 0.322 e. The van der Waals surface area contributed by atoms with Crippen LogP contribution in [0.2, 0.25) is 5.02 Å². The Morgan fingerprint density at radius 3 is 2.47 bits per heavy atom. The van der Waals surface area contributed by atoms with Crippen LogP contribution in [-0.4, -0.2) is 59.4 Å². The van der Waals surface area contributed by atoms with Gasteiger partial charge >= 0.3 is 6.03 Å². The number of urea groups is 1. The zero-order valence-electron chi connectivity index (χ0n) is 17.9. The van der Waals surface area contributed by atoms with E-state index in [1.165, 1.54) is 0 Å². The molecule has 0 atom stereocenters. The van der Waals surface area contributed by atoms with Crippen LogP contribution >= 0.6 is 11.6 Å². The molecule has 166 valence electrons. The molecule has 1 aromatic carbocycles. The largest absolute Gasteiger partial charge is 0.495 e. The quantitative estimate of drug-likeness (QED) is 0.604. The maximum atomic E-state index is 12.7. The number of amides is 2. The predicted molar refractivity (Wildman–Crippen MR) is 125 cm³/mol. The first kappa shape index (κ1) is 21.6. The van der Waals surface area contributed by atoms with Gasteiger partial charge in [-0.25, -0.2) is 9.78 Å². The Hall–Kier alpha value is -3.59. The summed E-state index contributed by atoms with van der Waals surface area (Å²) in [6.07, 6.45) is 1.79. The number of rotatable bonds is 5. The summed E-state index contributed by atoms with van der Waals surface area (Å²) in [7, 11) is 1.55. The number of pyridine rings is 1. The molecule has 0 spiro atoms. The van der Waals surface area contributed by atoms with Gasteiger partial charge in [0, 0.05) is 37.4 Å². The van der Waals surface area contributed by atoms with E-state index in [-0.39, 0.29) is 6.03 Å². The van der Waals surface area contributed by atoms with Gasteiger partial charge in [0.15, 0.2) is 11.6 Å². The van der Waals surface area contributed by atoms with E-state index in [1.807, 2.05) is 31.2 Å². The van der Waals surface area contributed by atoms with Crippen LogP contribution in [0.5, 0.6) is 5.75 Å². The zero-order chi connectivity index (χ0) is 22.5. The maximum absolute atomic E-state index is 12.7. The summed E-state index contributed by atoms with van der Waals surface area (Å²) in [5.41, 5.74) is 1.64. The van der Waals surface area contributed by atoms with Crippen molar-refractivity contribution < 1.29 is 9.53 Å². The maximum Gasteiger partial charge on any atom is 0.322 e. The number of aromatic nitrogens is 3. The molecule has 2 aromatic heterocycles. The van der Waals surface area contributed by atoms with E-state index in [4.69, 9.17) is 16.3 Å².